The number of hydrogen-bond acceptors (Lipinski definition) is 4. The van der Waals surface area contributed by atoms with Crippen LogP contribution in [0.25, 0.3) is 0 Å². The number of amidine groups is 1. The van der Waals surface area contributed by atoms with E-state index >= 15 is 0 Å². The third-order valence-electron chi connectivity index (χ3n) is 1.60. The Kier molecular flexibility index (Phi) is 3.64. The first kappa shape index (κ1) is 12.2. The van der Waals surface area contributed by atoms with Gasteiger partial charge < -0.3 is 10.5 Å². The zero-order chi connectivity index (χ0) is 12.2. The van der Waals surface area contributed by atoms with Crippen LogP contribution in [-0.4, -0.2) is 28.8 Å². The summed E-state index contributed by atoms with van der Waals surface area (Å²) in [5.41, 5.74) is 5.31. The van der Waals surface area contributed by atoms with E-state index in [0.717, 1.165) is 0 Å². The number of nitrogens with one attached hydrogen (secondary N) is 1. The van der Waals surface area contributed by atoms with Gasteiger partial charge in [-0.05, 0) is 6.07 Å². The molecule has 8 heteroatoms. The molecular weight excluding hydrogens is 225 g/mol. The average molecular weight is 234 g/mol. The van der Waals surface area contributed by atoms with Crippen LogP contribution >= 0.6 is 0 Å². The smallest absolute Gasteiger partial charge is 0.392 e. The second-order valence-electron chi connectivity index (χ2n) is 2.88. The summed E-state index contributed by atoms with van der Waals surface area (Å²) in [6.07, 6.45) is -4.12. The Morgan fingerprint density at radius 2 is 2.19 bits per heavy atom. The molecule has 3 N–H and O–H groups in total. The van der Waals surface area contributed by atoms with Crippen molar-refractivity contribution in [2.24, 2.45) is 5.73 Å². The van der Waals surface area contributed by atoms with Gasteiger partial charge in [-0.1, -0.05) is 0 Å². The standard InChI is InChI=1S/C8H9F3N4O/c9-8(10,11)2-4-16-7-5(6(12)13)1-3-14-15-7/h1,3H,2,4H2,(H3,12,13). The maximum atomic E-state index is 11.8. The minimum Gasteiger partial charge on any atom is -0.476 e. The summed E-state index contributed by atoms with van der Waals surface area (Å²) in [4.78, 5) is 0. The molecule has 88 valence electrons. The fourth-order valence-electron chi connectivity index (χ4n) is 0.894. The molecule has 0 spiro atoms. The van der Waals surface area contributed by atoms with Crippen LogP contribution in [-0.2, 0) is 0 Å². The van der Waals surface area contributed by atoms with Crippen molar-refractivity contribution in [1.82, 2.24) is 10.2 Å². The summed E-state index contributed by atoms with van der Waals surface area (Å²) < 4.78 is 40.3. The van der Waals surface area contributed by atoms with Crippen molar-refractivity contribution in [2.75, 3.05) is 6.61 Å². The molecule has 0 radical (unpaired) electrons. The third kappa shape index (κ3) is 3.71. The monoisotopic (exact) mass is 234 g/mol. The molecule has 5 nitrogen and oxygen atoms in total. The van der Waals surface area contributed by atoms with Crippen LogP contribution in [0.1, 0.15) is 12.0 Å². The van der Waals surface area contributed by atoms with Crippen LogP contribution in [0.4, 0.5) is 13.2 Å². The first-order chi connectivity index (χ1) is 7.40. The van der Waals surface area contributed by atoms with Crippen LogP contribution in [0.15, 0.2) is 12.3 Å². The van der Waals surface area contributed by atoms with Crippen LogP contribution in [0.2, 0.25) is 0 Å². The Balaban J connectivity index is 2.64. The van der Waals surface area contributed by atoms with E-state index in [1.54, 1.807) is 0 Å². The zero-order valence-corrected chi connectivity index (χ0v) is 8.08. The minimum absolute atomic E-state index is 0.122. The first-order valence-corrected chi connectivity index (χ1v) is 4.26. The molecule has 0 bridgehead atoms. The Hall–Kier alpha value is -1.86. The van der Waals surface area contributed by atoms with E-state index in [2.05, 4.69) is 10.2 Å². The number of nitrogen functional groups attached to an aromatic ring is 1. The van der Waals surface area contributed by atoms with Gasteiger partial charge in [0.25, 0.3) is 0 Å². The largest absolute Gasteiger partial charge is 0.476 e. The predicted octanol–water partition coefficient (Wildman–Crippen LogP) is 1.09. The molecule has 0 amide bonds. The van der Waals surface area contributed by atoms with E-state index in [1.807, 2.05) is 0 Å². The van der Waals surface area contributed by atoms with Gasteiger partial charge in [0.2, 0.25) is 5.88 Å². The van der Waals surface area contributed by atoms with Gasteiger partial charge in [-0.25, -0.2) is 0 Å². The lowest BCUT2D eigenvalue weighted by atomic mass is 10.3. The van der Waals surface area contributed by atoms with E-state index in [-0.39, 0.29) is 17.3 Å². The average Bonchev–Trinajstić information content (AvgIpc) is 2.16. The lowest BCUT2D eigenvalue weighted by molar-refractivity contribution is -0.139. The number of nitrogens with zero attached hydrogens (tertiary/aromatic N) is 2. The summed E-state index contributed by atoms with van der Waals surface area (Å²) in [5, 5.41) is 14.0. The Labute approximate surface area is 88.9 Å². The van der Waals surface area contributed by atoms with Crippen molar-refractivity contribution < 1.29 is 17.9 Å². The maximum absolute atomic E-state index is 11.8. The van der Waals surface area contributed by atoms with E-state index < -0.39 is 19.2 Å². The van der Waals surface area contributed by atoms with Crippen molar-refractivity contribution in [3.8, 4) is 5.88 Å². The van der Waals surface area contributed by atoms with Crippen LogP contribution in [0.5, 0.6) is 5.88 Å². The number of halogens is 3. The number of hydrogen-bond donors (Lipinski definition) is 2. The number of alkyl halides is 3. The van der Waals surface area contributed by atoms with Crippen molar-refractivity contribution in [2.45, 2.75) is 12.6 Å². The molecule has 1 rings (SSSR count). The van der Waals surface area contributed by atoms with Crippen molar-refractivity contribution in [1.29, 1.82) is 5.41 Å². The molecule has 0 unspecified atom stereocenters. The molecule has 0 aliphatic carbocycles. The van der Waals surface area contributed by atoms with Gasteiger partial charge in [-0.3, -0.25) is 5.41 Å². The Morgan fingerprint density at radius 1 is 1.50 bits per heavy atom. The van der Waals surface area contributed by atoms with E-state index in [4.69, 9.17) is 15.9 Å². The van der Waals surface area contributed by atoms with E-state index in [0.29, 0.717) is 0 Å². The quantitative estimate of drug-likeness (QED) is 0.603. The lowest BCUT2D eigenvalue weighted by Crippen LogP contribution is -2.17. The SMILES string of the molecule is N=C(N)c1ccnnc1OCCC(F)(F)F. The maximum Gasteiger partial charge on any atom is 0.392 e. The van der Waals surface area contributed by atoms with Crippen LogP contribution in [0, 0.1) is 5.41 Å². The zero-order valence-electron chi connectivity index (χ0n) is 8.08. The molecule has 0 aliphatic heterocycles. The molecule has 0 atom stereocenters. The number of nitrogens with two attached hydrogens (primary N) is 1. The van der Waals surface area contributed by atoms with Gasteiger partial charge in [0.1, 0.15) is 5.84 Å². The van der Waals surface area contributed by atoms with Gasteiger partial charge in [0.05, 0.1) is 24.8 Å². The molecule has 16 heavy (non-hydrogen) atoms. The molecular formula is C8H9F3N4O. The van der Waals surface area contributed by atoms with Gasteiger partial charge in [0, 0.05) is 0 Å². The Morgan fingerprint density at radius 3 is 2.75 bits per heavy atom. The highest BCUT2D eigenvalue weighted by molar-refractivity contribution is 5.96. The molecule has 0 aliphatic rings. The number of aromatic nitrogens is 2. The third-order valence-corrected chi connectivity index (χ3v) is 1.60. The second-order valence-corrected chi connectivity index (χ2v) is 2.88. The Bertz CT molecular complexity index is 380. The fraction of sp³-hybridized carbons (Fsp3) is 0.375. The van der Waals surface area contributed by atoms with Crippen molar-refractivity contribution in [3.63, 3.8) is 0 Å². The summed E-state index contributed by atoms with van der Waals surface area (Å²) in [7, 11) is 0. The summed E-state index contributed by atoms with van der Waals surface area (Å²) in [6.45, 7) is -0.581. The van der Waals surface area contributed by atoms with E-state index in [9.17, 15) is 13.2 Å². The highest BCUT2D eigenvalue weighted by Crippen LogP contribution is 2.20. The van der Waals surface area contributed by atoms with Gasteiger partial charge in [-0.2, -0.15) is 18.3 Å². The second kappa shape index (κ2) is 4.77. The van der Waals surface area contributed by atoms with Crippen LogP contribution in [0.3, 0.4) is 0 Å². The summed E-state index contributed by atoms with van der Waals surface area (Å²) in [6, 6.07) is 1.35. The molecule has 1 aromatic rings. The van der Waals surface area contributed by atoms with Crippen molar-refractivity contribution in [3.05, 3.63) is 17.8 Å². The first-order valence-electron chi connectivity index (χ1n) is 4.26. The molecule has 0 fully saturated rings. The highest BCUT2D eigenvalue weighted by Gasteiger charge is 2.27. The molecule has 0 saturated heterocycles. The fourth-order valence-corrected chi connectivity index (χ4v) is 0.894. The van der Waals surface area contributed by atoms with Gasteiger partial charge in [0.15, 0.2) is 0 Å². The van der Waals surface area contributed by atoms with E-state index in [1.165, 1.54) is 12.3 Å². The van der Waals surface area contributed by atoms with Gasteiger partial charge >= 0.3 is 6.18 Å². The number of ether oxygens (including phenoxy) is 1. The highest BCUT2D eigenvalue weighted by atomic mass is 19.4. The number of rotatable bonds is 4. The molecule has 1 aromatic heterocycles. The molecule has 0 saturated carbocycles. The normalized spacial score (nSPS) is 11.2. The molecule has 1 heterocycles. The predicted molar refractivity (Wildman–Crippen MR) is 49.2 cm³/mol. The van der Waals surface area contributed by atoms with Gasteiger partial charge in [-0.15, -0.1) is 5.10 Å². The minimum atomic E-state index is -4.29. The van der Waals surface area contributed by atoms with Crippen molar-refractivity contribution >= 4 is 5.84 Å². The van der Waals surface area contributed by atoms with Crippen LogP contribution < -0.4 is 10.5 Å². The summed E-state index contributed by atoms with van der Waals surface area (Å²) >= 11 is 0. The topological polar surface area (TPSA) is 84.9 Å². The summed E-state index contributed by atoms with van der Waals surface area (Å²) in [5.74, 6) is -0.504. The molecule has 0 aromatic carbocycles. The lowest BCUT2D eigenvalue weighted by Gasteiger charge is -2.09.